The number of aromatic nitrogens is 2. The molecule has 138 valence electrons. The average molecular weight is 422 g/mol. The van der Waals surface area contributed by atoms with E-state index in [4.69, 9.17) is 44.0 Å². The highest BCUT2D eigenvalue weighted by Crippen LogP contribution is 2.35. The van der Waals surface area contributed by atoms with Crippen LogP contribution in [0, 0.1) is 0 Å². The van der Waals surface area contributed by atoms with Gasteiger partial charge in [-0.1, -0.05) is 46.9 Å². The fourth-order valence-corrected chi connectivity index (χ4v) is 3.53. The Kier molecular flexibility index (Phi) is 5.41. The van der Waals surface area contributed by atoms with Crippen LogP contribution in [0.4, 0.5) is 0 Å². The molecule has 2 atom stereocenters. The van der Waals surface area contributed by atoms with Gasteiger partial charge in [-0.15, -0.1) is 0 Å². The third-order valence-corrected chi connectivity index (χ3v) is 5.24. The summed E-state index contributed by atoms with van der Waals surface area (Å²) in [4.78, 5) is 4.07. The monoisotopic (exact) mass is 420 g/mol. The molecule has 0 radical (unpaired) electrons. The van der Waals surface area contributed by atoms with Gasteiger partial charge in [0.1, 0.15) is 17.2 Å². The van der Waals surface area contributed by atoms with Crippen molar-refractivity contribution < 1.29 is 9.15 Å². The van der Waals surface area contributed by atoms with Crippen LogP contribution in [0.15, 0.2) is 71.9 Å². The number of imidazole rings is 1. The van der Waals surface area contributed by atoms with E-state index in [1.807, 2.05) is 36.4 Å². The van der Waals surface area contributed by atoms with Gasteiger partial charge >= 0.3 is 0 Å². The van der Waals surface area contributed by atoms with Crippen molar-refractivity contribution in [1.82, 2.24) is 9.55 Å². The highest BCUT2D eigenvalue weighted by atomic mass is 35.5. The summed E-state index contributed by atoms with van der Waals surface area (Å²) in [6.07, 6.45) is 6.43. The second-order valence-electron chi connectivity index (χ2n) is 6.07. The largest absolute Gasteiger partial charge is 0.464 e. The molecule has 0 N–H and O–H groups in total. The lowest BCUT2D eigenvalue weighted by molar-refractivity contribution is 0.0238. The molecule has 4 nitrogen and oxygen atoms in total. The van der Waals surface area contributed by atoms with Crippen LogP contribution in [0.25, 0.3) is 11.0 Å². The van der Waals surface area contributed by atoms with Crippen LogP contribution in [-0.2, 0) is 11.3 Å². The van der Waals surface area contributed by atoms with Gasteiger partial charge in [0.15, 0.2) is 0 Å². The molecule has 27 heavy (non-hydrogen) atoms. The number of benzene rings is 2. The summed E-state index contributed by atoms with van der Waals surface area (Å²) in [6, 6.07) is 13.0. The minimum atomic E-state index is -0.471. The molecular formula is C20H15Cl3N2O2. The van der Waals surface area contributed by atoms with Gasteiger partial charge in [0.25, 0.3) is 0 Å². The zero-order chi connectivity index (χ0) is 18.8. The zero-order valence-electron chi connectivity index (χ0n) is 14.1. The maximum Gasteiger partial charge on any atom is 0.139 e. The van der Waals surface area contributed by atoms with Crippen LogP contribution < -0.4 is 0 Å². The average Bonchev–Trinajstić information content (AvgIpc) is 3.33. The molecule has 0 aliphatic carbocycles. The Morgan fingerprint density at radius 1 is 1.07 bits per heavy atom. The van der Waals surface area contributed by atoms with Crippen molar-refractivity contribution in [2.75, 3.05) is 0 Å². The molecule has 2 aromatic heterocycles. The Morgan fingerprint density at radius 2 is 1.85 bits per heavy atom. The van der Waals surface area contributed by atoms with Gasteiger partial charge < -0.3 is 13.7 Å². The summed E-state index contributed by atoms with van der Waals surface area (Å²) in [5, 5.41) is 2.25. The Morgan fingerprint density at radius 3 is 2.59 bits per heavy atom. The Balaban J connectivity index is 1.61. The third-order valence-electron chi connectivity index (χ3n) is 4.29. The number of ether oxygens (including phenoxy) is 1. The molecule has 4 aromatic rings. The first kappa shape index (κ1) is 18.4. The molecule has 0 saturated heterocycles. The lowest BCUT2D eigenvalue weighted by Crippen LogP contribution is -2.15. The van der Waals surface area contributed by atoms with Crippen LogP contribution in [0.2, 0.25) is 10.0 Å². The molecule has 2 aromatic carbocycles. The number of furan rings is 1. The van der Waals surface area contributed by atoms with Crippen LogP contribution in [0.3, 0.4) is 0 Å². The number of hydrogen-bond acceptors (Lipinski definition) is 3. The Hall–Kier alpha value is -1.98. The first-order valence-corrected chi connectivity index (χ1v) is 9.45. The van der Waals surface area contributed by atoms with Gasteiger partial charge in [-0.3, -0.25) is 0 Å². The highest BCUT2D eigenvalue weighted by Gasteiger charge is 2.24. The fraction of sp³-hybridized carbons (Fsp3) is 0.150. The van der Waals surface area contributed by atoms with Crippen molar-refractivity contribution in [1.29, 1.82) is 0 Å². The van der Waals surface area contributed by atoms with Gasteiger partial charge in [-0.2, -0.15) is 0 Å². The Bertz CT molecular complexity index is 1030. The topological polar surface area (TPSA) is 40.2 Å². The lowest BCUT2D eigenvalue weighted by atomic mass is 10.1. The van der Waals surface area contributed by atoms with Crippen LogP contribution >= 0.6 is 34.8 Å². The van der Waals surface area contributed by atoms with Crippen molar-refractivity contribution >= 4 is 45.8 Å². The van der Waals surface area contributed by atoms with Crippen molar-refractivity contribution in [3.63, 3.8) is 0 Å². The summed E-state index contributed by atoms with van der Waals surface area (Å²) < 4.78 is 13.6. The van der Waals surface area contributed by atoms with E-state index >= 15 is 0 Å². The van der Waals surface area contributed by atoms with Crippen molar-refractivity contribution in [2.24, 2.45) is 0 Å². The summed E-state index contributed by atoms with van der Waals surface area (Å²) in [7, 11) is 0. The zero-order valence-corrected chi connectivity index (χ0v) is 16.3. The molecule has 0 aliphatic rings. The third kappa shape index (κ3) is 3.99. The normalized spacial score (nSPS) is 13.7. The first-order chi connectivity index (χ1) is 13.1. The maximum atomic E-state index is 6.69. The maximum absolute atomic E-state index is 6.69. The van der Waals surface area contributed by atoms with E-state index in [2.05, 4.69) is 4.98 Å². The van der Waals surface area contributed by atoms with E-state index in [-0.39, 0.29) is 0 Å². The second kappa shape index (κ2) is 7.95. The Labute approximate surface area is 171 Å². The van der Waals surface area contributed by atoms with E-state index < -0.39 is 11.6 Å². The van der Waals surface area contributed by atoms with Crippen LogP contribution in [0.1, 0.15) is 22.7 Å². The predicted octanol–water partition coefficient (Wildman–Crippen LogP) is 6.63. The molecule has 4 rings (SSSR count). The van der Waals surface area contributed by atoms with Crippen LogP contribution in [-0.4, -0.2) is 9.55 Å². The van der Waals surface area contributed by atoms with Gasteiger partial charge in [-0.05, 0) is 35.9 Å². The van der Waals surface area contributed by atoms with Crippen molar-refractivity contribution in [3.8, 4) is 0 Å². The number of fused-ring (bicyclic) bond motifs is 1. The van der Waals surface area contributed by atoms with Crippen molar-refractivity contribution in [2.45, 2.75) is 18.2 Å². The molecular weight excluding hydrogens is 407 g/mol. The number of alkyl halides is 1. The number of halogens is 3. The summed E-state index contributed by atoms with van der Waals surface area (Å²) >= 11 is 18.7. The van der Waals surface area contributed by atoms with Gasteiger partial charge in [0.2, 0.25) is 0 Å². The molecule has 0 spiro atoms. The SMILES string of the molecule is Clc1ccc(C(OCc2coc3cc(Cl)ccc23)C(Cl)n2ccnc2)cc1. The van der Waals surface area contributed by atoms with Gasteiger partial charge in [-0.25, -0.2) is 4.98 Å². The number of rotatable bonds is 6. The van der Waals surface area contributed by atoms with E-state index in [1.54, 1.807) is 35.6 Å². The van der Waals surface area contributed by atoms with E-state index in [0.29, 0.717) is 16.7 Å². The highest BCUT2D eigenvalue weighted by molar-refractivity contribution is 6.31. The van der Waals surface area contributed by atoms with Crippen molar-refractivity contribution in [3.05, 3.63) is 88.6 Å². The minimum Gasteiger partial charge on any atom is -0.464 e. The molecule has 0 amide bonds. The summed E-state index contributed by atoms with van der Waals surface area (Å²) in [6.45, 7) is 0.333. The number of nitrogens with zero attached hydrogens (tertiary/aromatic N) is 2. The van der Waals surface area contributed by atoms with Gasteiger partial charge in [0.05, 0.1) is 19.2 Å². The molecule has 0 bridgehead atoms. The van der Waals surface area contributed by atoms with E-state index in [1.165, 1.54) is 0 Å². The predicted molar refractivity (Wildman–Crippen MR) is 107 cm³/mol. The molecule has 2 heterocycles. The summed E-state index contributed by atoms with van der Waals surface area (Å²) in [5.74, 6) is 0. The van der Waals surface area contributed by atoms with E-state index in [0.717, 1.165) is 22.1 Å². The summed E-state index contributed by atoms with van der Waals surface area (Å²) in [5.41, 5.74) is 2.10. The number of hydrogen-bond donors (Lipinski definition) is 0. The molecule has 0 aliphatic heterocycles. The molecule has 2 unspecified atom stereocenters. The van der Waals surface area contributed by atoms with Crippen LogP contribution in [0.5, 0.6) is 0 Å². The standard InChI is InChI=1S/C20H15Cl3N2O2/c21-15-3-1-13(2-4-15)19(20(23)25-8-7-24-12-25)27-11-14-10-26-18-9-16(22)5-6-17(14)18/h1-10,12,19-20H,11H2. The molecule has 0 saturated carbocycles. The second-order valence-corrected chi connectivity index (χ2v) is 7.39. The van der Waals surface area contributed by atoms with E-state index in [9.17, 15) is 0 Å². The smallest absolute Gasteiger partial charge is 0.139 e. The molecule has 7 heteroatoms. The van der Waals surface area contributed by atoms with Gasteiger partial charge in [0, 0.05) is 33.4 Å². The molecule has 0 fully saturated rings. The lowest BCUT2D eigenvalue weighted by Gasteiger charge is -2.24. The fourth-order valence-electron chi connectivity index (χ4n) is 2.91. The first-order valence-electron chi connectivity index (χ1n) is 8.26. The minimum absolute atomic E-state index is 0.333. The quantitative estimate of drug-likeness (QED) is 0.328.